The van der Waals surface area contributed by atoms with Gasteiger partial charge >= 0.3 is 0 Å². The number of nitrogens with zero attached hydrogens (tertiary/aromatic N) is 2. The third-order valence-corrected chi connectivity index (χ3v) is 4.39. The Morgan fingerprint density at radius 1 is 0.889 bits per heavy atom. The highest BCUT2D eigenvalue weighted by atomic mass is 16.3. The topological polar surface area (TPSA) is 63.1 Å². The highest BCUT2D eigenvalue weighted by Gasteiger charge is 2.28. The monoisotopic (exact) mass is 350 g/mol. The van der Waals surface area contributed by atoms with Crippen molar-refractivity contribution in [1.82, 2.24) is 9.97 Å². The summed E-state index contributed by atoms with van der Waals surface area (Å²) in [5.74, 6) is 2.66. The number of carbonyl (C=O) groups is 1. The number of phenols is 1. The summed E-state index contributed by atoms with van der Waals surface area (Å²) in [4.78, 5) is 21.1. The fourth-order valence-electron chi connectivity index (χ4n) is 3.18. The third-order valence-electron chi connectivity index (χ3n) is 4.39. The molecular weight excluding hydrogens is 336 g/mol. The van der Waals surface area contributed by atoms with Crippen molar-refractivity contribution in [2.75, 3.05) is 0 Å². The van der Waals surface area contributed by atoms with E-state index in [0.29, 0.717) is 5.57 Å². The molecule has 0 bridgehead atoms. The van der Waals surface area contributed by atoms with Crippen molar-refractivity contribution < 1.29 is 9.90 Å². The number of phenolic OH excluding ortho intramolecular Hbond substituents is 1. The predicted molar refractivity (Wildman–Crippen MR) is 104 cm³/mol. The molecule has 0 unspecified atom stereocenters. The lowest BCUT2D eigenvalue weighted by Gasteiger charge is -2.12. The number of ketones is 1. The number of hydrogen-bond acceptors (Lipinski definition) is 4. The Hall–Kier alpha value is -3.97. The van der Waals surface area contributed by atoms with E-state index >= 15 is 0 Å². The first-order chi connectivity index (χ1) is 13.2. The van der Waals surface area contributed by atoms with Gasteiger partial charge in [0.2, 0.25) is 0 Å². The molecule has 4 nitrogen and oxygen atoms in total. The molecule has 1 aliphatic carbocycles. The summed E-state index contributed by atoms with van der Waals surface area (Å²) < 4.78 is 0. The number of terminal acetylenes is 1. The molecule has 1 aliphatic rings. The first kappa shape index (κ1) is 16.5. The molecule has 0 radical (unpaired) electrons. The number of rotatable bonds is 3. The van der Waals surface area contributed by atoms with Crippen molar-refractivity contribution in [3.05, 3.63) is 95.6 Å². The van der Waals surface area contributed by atoms with Crippen LogP contribution < -0.4 is 0 Å². The van der Waals surface area contributed by atoms with Crippen molar-refractivity contribution in [2.24, 2.45) is 0 Å². The van der Waals surface area contributed by atoms with Gasteiger partial charge < -0.3 is 5.11 Å². The molecule has 1 N–H and O–H groups in total. The zero-order chi connectivity index (χ0) is 18.8. The van der Waals surface area contributed by atoms with Crippen molar-refractivity contribution >= 4 is 22.5 Å². The Kier molecular flexibility index (Phi) is 4.12. The number of allylic oxidation sites excluding steroid dienone is 4. The summed E-state index contributed by atoms with van der Waals surface area (Å²) in [5.41, 5.74) is 5.12. The SMILES string of the molecule is C#Cc1cccc(C2=CC(=O)C(c3ccc(O)cc3)=C2c2cncnc2)c1. The van der Waals surface area contributed by atoms with Crippen LogP contribution >= 0.6 is 0 Å². The molecule has 27 heavy (non-hydrogen) atoms. The van der Waals surface area contributed by atoms with Crippen LogP contribution in [0.5, 0.6) is 5.75 Å². The lowest BCUT2D eigenvalue weighted by atomic mass is 9.91. The van der Waals surface area contributed by atoms with Crippen LogP contribution in [-0.4, -0.2) is 20.9 Å². The first-order valence-electron chi connectivity index (χ1n) is 8.30. The zero-order valence-corrected chi connectivity index (χ0v) is 14.3. The summed E-state index contributed by atoms with van der Waals surface area (Å²) in [7, 11) is 0. The molecular formula is C23H14N2O2. The molecule has 1 aromatic heterocycles. The molecule has 0 saturated carbocycles. The second-order valence-corrected chi connectivity index (χ2v) is 6.07. The summed E-state index contributed by atoms with van der Waals surface area (Å²) in [5, 5.41) is 9.58. The zero-order valence-electron chi connectivity index (χ0n) is 14.3. The minimum atomic E-state index is -0.111. The van der Waals surface area contributed by atoms with Crippen molar-refractivity contribution in [1.29, 1.82) is 0 Å². The Morgan fingerprint density at radius 3 is 2.33 bits per heavy atom. The van der Waals surface area contributed by atoms with Crippen molar-refractivity contribution in [3.63, 3.8) is 0 Å². The molecule has 2 aromatic carbocycles. The van der Waals surface area contributed by atoms with Gasteiger partial charge in [0.1, 0.15) is 12.1 Å². The molecule has 0 saturated heterocycles. The van der Waals surface area contributed by atoms with Crippen molar-refractivity contribution in [2.45, 2.75) is 0 Å². The van der Waals surface area contributed by atoms with Gasteiger partial charge in [0.25, 0.3) is 0 Å². The standard InChI is InChI=1S/C23H14N2O2/c1-2-15-4-3-5-17(10-15)20-11-21(27)23(16-6-8-19(26)9-7-16)22(20)18-12-24-14-25-13-18/h1,3-14,26H. The molecule has 0 spiro atoms. The average Bonchev–Trinajstić information content (AvgIpc) is 3.06. The van der Waals surface area contributed by atoms with E-state index in [0.717, 1.165) is 33.4 Å². The van der Waals surface area contributed by atoms with Crippen LogP contribution in [0.4, 0.5) is 0 Å². The maximum atomic E-state index is 12.9. The van der Waals surface area contributed by atoms with Crippen LogP contribution in [0.25, 0.3) is 16.7 Å². The highest BCUT2D eigenvalue weighted by Crippen LogP contribution is 2.42. The molecule has 4 rings (SSSR count). The quantitative estimate of drug-likeness (QED) is 0.731. The van der Waals surface area contributed by atoms with Crippen LogP contribution in [0.2, 0.25) is 0 Å². The largest absolute Gasteiger partial charge is 0.508 e. The van der Waals surface area contributed by atoms with Crippen LogP contribution in [0.1, 0.15) is 22.3 Å². The van der Waals surface area contributed by atoms with Gasteiger partial charge in [-0.15, -0.1) is 6.42 Å². The molecule has 1 heterocycles. The summed E-state index contributed by atoms with van der Waals surface area (Å²) in [6, 6.07) is 14.1. The minimum Gasteiger partial charge on any atom is -0.508 e. The second kappa shape index (κ2) is 6.74. The lowest BCUT2D eigenvalue weighted by Crippen LogP contribution is -1.97. The van der Waals surface area contributed by atoms with Gasteiger partial charge in [-0.1, -0.05) is 30.2 Å². The van der Waals surface area contributed by atoms with E-state index in [2.05, 4.69) is 15.9 Å². The van der Waals surface area contributed by atoms with Gasteiger partial charge in [-0.25, -0.2) is 9.97 Å². The maximum absolute atomic E-state index is 12.9. The smallest absolute Gasteiger partial charge is 0.187 e. The molecule has 0 atom stereocenters. The van der Waals surface area contributed by atoms with Gasteiger partial charge in [0, 0.05) is 34.7 Å². The van der Waals surface area contributed by atoms with Gasteiger partial charge in [-0.05, 0) is 47.0 Å². The summed E-state index contributed by atoms with van der Waals surface area (Å²) >= 11 is 0. The van der Waals surface area contributed by atoms with E-state index in [9.17, 15) is 9.90 Å². The normalized spacial score (nSPS) is 13.4. The molecule has 3 aromatic rings. The molecule has 4 heteroatoms. The van der Waals surface area contributed by atoms with Crippen LogP contribution in [-0.2, 0) is 4.79 Å². The fraction of sp³-hybridized carbons (Fsp3) is 0. The number of aromatic hydroxyl groups is 1. The number of hydrogen-bond donors (Lipinski definition) is 1. The Balaban J connectivity index is 1.96. The number of benzene rings is 2. The van der Waals surface area contributed by atoms with E-state index < -0.39 is 0 Å². The average molecular weight is 350 g/mol. The number of aromatic nitrogens is 2. The van der Waals surface area contributed by atoms with E-state index in [1.807, 2.05) is 24.3 Å². The minimum absolute atomic E-state index is 0.111. The van der Waals surface area contributed by atoms with Gasteiger partial charge in [-0.2, -0.15) is 0 Å². The van der Waals surface area contributed by atoms with Crippen LogP contribution in [0.3, 0.4) is 0 Å². The van der Waals surface area contributed by atoms with Crippen molar-refractivity contribution in [3.8, 4) is 18.1 Å². The molecule has 128 valence electrons. The van der Waals surface area contributed by atoms with Gasteiger partial charge in [0.15, 0.2) is 5.78 Å². The summed E-state index contributed by atoms with van der Waals surface area (Å²) in [6.07, 6.45) is 12.0. The van der Waals surface area contributed by atoms with E-state index in [1.165, 1.54) is 6.33 Å². The fourth-order valence-corrected chi connectivity index (χ4v) is 3.18. The lowest BCUT2D eigenvalue weighted by molar-refractivity contribution is -0.109. The third kappa shape index (κ3) is 3.03. The highest BCUT2D eigenvalue weighted by molar-refractivity contribution is 6.45. The maximum Gasteiger partial charge on any atom is 0.187 e. The Morgan fingerprint density at radius 2 is 1.63 bits per heavy atom. The van der Waals surface area contributed by atoms with E-state index in [4.69, 9.17) is 6.42 Å². The van der Waals surface area contributed by atoms with E-state index in [-0.39, 0.29) is 11.5 Å². The molecule has 0 aliphatic heterocycles. The van der Waals surface area contributed by atoms with Gasteiger partial charge in [0.05, 0.1) is 0 Å². The Labute approximate surface area is 156 Å². The molecule has 0 fully saturated rings. The van der Waals surface area contributed by atoms with E-state index in [1.54, 1.807) is 42.7 Å². The van der Waals surface area contributed by atoms with Gasteiger partial charge in [-0.3, -0.25) is 4.79 Å². The van der Waals surface area contributed by atoms with Crippen LogP contribution in [0, 0.1) is 12.3 Å². The predicted octanol–water partition coefficient (Wildman–Crippen LogP) is 3.74. The molecule has 0 amide bonds. The Bertz CT molecular complexity index is 1140. The second-order valence-electron chi connectivity index (χ2n) is 6.07. The van der Waals surface area contributed by atoms with Crippen LogP contribution in [0.15, 0.2) is 73.3 Å². The number of carbonyl (C=O) groups excluding carboxylic acids is 1. The summed E-state index contributed by atoms with van der Waals surface area (Å²) in [6.45, 7) is 0. The first-order valence-corrected chi connectivity index (χ1v) is 8.30.